The summed E-state index contributed by atoms with van der Waals surface area (Å²) in [5, 5.41) is 5.71. The smallest absolute Gasteiger partial charge is 0.238 e. The van der Waals surface area contributed by atoms with E-state index in [-0.39, 0.29) is 11.8 Å². The van der Waals surface area contributed by atoms with Gasteiger partial charge in [0.15, 0.2) is 0 Å². The van der Waals surface area contributed by atoms with Crippen molar-refractivity contribution in [2.75, 3.05) is 48.3 Å². The molecule has 0 bridgehead atoms. The Hall–Kier alpha value is -2.86. The molecule has 1 heterocycles. The number of amides is 2. The van der Waals surface area contributed by atoms with E-state index in [0.29, 0.717) is 12.2 Å². The van der Waals surface area contributed by atoms with E-state index in [1.54, 1.807) is 6.07 Å². The molecule has 3 rings (SSSR count). The molecule has 6 heteroatoms. The SMILES string of the molecule is CC(=O)Nc1cc(NC(=O)CN2CCN(c3ccccc3)CC2)ccc1C. The molecule has 2 N–H and O–H groups in total. The Bertz CT molecular complexity index is 799. The highest BCUT2D eigenvalue weighted by atomic mass is 16.2. The molecule has 2 amide bonds. The van der Waals surface area contributed by atoms with E-state index in [9.17, 15) is 9.59 Å². The molecule has 2 aromatic rings. The van der Waals surface area contributed by atoms with E-state index >= 15 is 0 Å². The zero-order valence-electron chi connectivity index (χ0n) is 15.9. The van der Waals surface area contributed by atoms with Gasteiger partial charge < -0.3 is 15.5 Å². The van der Waals surface area contributed by atoms with E-state index in [1.807, 2.05) is 37.3 Å². The number of anilines is 3. The molecule has 2 aromatic carbocycles. The number of nitrogens with zero attached hydrogens (tertiary/aromatic N) is 2. The number of carbonyl (C=O) groups excluding carboxylic acids is 2. The Morgan fingerprint density at radius 2 is 1.67 bits per heavy atom. The summed E-state index contributed by atoms with van der Waals surface area (Å²) in [5.74, 6) is -0.168. The van der Waals surface area contributed by atoms with Gasteiger partial charge in [0.2, 0.25) is 11.8 Å². The molecule has 1 aliphatic heterocycles. The number of para-hydroxylation sites is 1. The maximum Gasteiger partial charge on any atom is 0.238 e. The van der Waals surface area contributed by atoms with Crippen molar-refractivity contribution in [1.82, 2.24) is 4.90 Å². The minimum absolute atomic E-state index is 0.0409. The molecule has 142 valence electrons. The fourth-order valence-corrected chi connectivity index (χ4v) is 3.23. The molecule has 27 heavy (non-hydrogen) atoms. The van der Waals surface area contributed by atoms with Crippen molar-refractivity contribution in [1.29, 1.82) is 0 Å². The molecule has 0 aliphatic carbocycles. The Labute approximate surface area is 160 Å². The number of nitrogens with one attached hydrogen (secondary N) is 2. The Kier molecular flexibility index (Phi) is 6.08. The van der Waals surface area contributed by atoms with Crippen molar-refractivity contribution in [3.8, 4) is 0 Å². The van der Waals surface area contributed by atoms with Gasteiger partial charge in [-0.25, -0.2) is 0 Å². The van der Waals surface area contributed by atoms with E-state index in [1.165, 1.54) is 12.6 Å². The molecule has 0 spiro atoms. The molecule has 0 atom stereocenters. The number of aryl methyl sites for hydroxylation is 1. The predicted molar refractivity (Wildman–Crippen MR) is 109 cm³/mol. The van der Waals surface area contributed by atoms with Gasteiger partial charge in [0.1, 0.15) is 0 Å². The van der Waals surface area contributed by atoms with E-state index in [2.05, 4.69) is 32.6 Å². The Balaban J connectivity index is 1.51. The van der Waals surface area contributed by atoms with Crippen molar-refractivity contribution in [2.45, 2.75) is 13.8 Å². The summed E-state index contributed by atoms with van der Waals surface area (Å²) in [6, 6.07) is 15.9. The normalized spacial score (nSPS) is 14.7. The van der Waals surface area contributed by atoms with Crippen LogP contribution in [0.1, 0.15) is 12.5 Å². The van der Waals surface area contributed by atoms with Gasteiger partial charge in [0.05, 0.1) is 6.54 Å². The summed E-state index contributed by atoms with van der Waals surface area (Å²) < 4.78 is 0. The molecule has 6 nitrogen and oxygen atoms in total. The summed E-state index contributed by atoms with van der Waals surface area (Å²) in [5.41, 5.74) is 3.60. The predicted octanol–water partition coefficient (Wildman–Crippen LogP) is 2.71. The molecular formula is C21H26N4O2. The first kappa shape index (κ1) is 18.9. The highest BCUT2D eigenvalue weighted by molar-refractivity contribution is 5.94. The molecule has 0 saturated carbocycles. The van der Waals surface area contributed by atoms with E-state index < -0.39 is 0 Å². The van der Waals surface area contributed by atoms with Crippen molar-refractivity contribution in [3.63, 3.8) is 0 Å². The van der Waals surface area contributed by atoms with Gasteiger partial charge in [-0.1, -0.05) is 24.3 Å². The van der Waals surface area contributed by atoms with Gasteiger partial charge in [-0.3, -0.25) is 14.5 Å². The average Bonchev–Trinajstić information content (AvgIpc) is 2.65. The second-order valence-electron chi connectivity index (χ2n) is 6.86. The van der Waals surface area contributed by atoms with Crippen LogP contribution in [0.25, 0.3) is 0 Å². The van der Waals surface area contributed by atoms with Crippen LogP contribution in [0.15, 0.2) is 48.5 Å². The number of piperazine rings is 1. The maximum atomic E-state index is 12.4. The Morgan fingerprint density at radius 1 is 0.963 bits per heavy atom. The first-order chi connectivity index (χ1) is 13.0. The summed E-state index contributed by atoms with van der Waals surface area (Å²) in [4.78, 5) is 28.2. The van der Waals surface area contributed by atoms with Gasteiger partial charge in [0, 0.05) is 50.2 Å². The topological polar surface area (TPSA) is 64.7 Å². The molecule has 1 fully saturated rings. The second-order valence-corrected chi connectivity index (χ2v) is 6.86. The van der Waals surface area contributed by atoms with Gasteiger partial charge in [0.25, 0.3) is 0 Å². The number of rotatable bonds is 5. The molecule has 1 saturated heterocycles. The largest absolute Gasteiger partial charge is 0.369 e. The van der Waals surface area contributed by atoms with Crippen LogP contribution in [0.5, 0.6) is 0 Å². The first-order valence-electron chi connectivity index (χ1n) is 9.22. The van der Waals surface area contributed by atoms with Crippen LogP contribution < -0.4 is 15.5 Å². The Morgan fingerprint density at radius 3 is 2.33 bits per heavy atom. The third-order valence-electron chi connectivity index (χ3n) is 4.69. The van der Waals surface area contributed by atoms with Crippen molar-refractivity contribution < 1.29 is 9.59 Å². The van der Waals surface area contributed by atoms with Crippen LogP contribution >= 0.6 is 0 Å². The van der Waals surface area contributed by atoms with E-state index in [4.69, 9.17) is 0 Å². The standard InChI is InChI=1S/C21H26N4O2/c1-16-8-9-18(14-20(16)22-17(2)26)23-21(27)15-24-10-12-25(13-11-24)19-6-4-3-5-7-19/h3-9,14H,10-13,15H2,1-2H3,(H,22,26)(H,23,27). The lowest BCUT2D eigenvalue weighted by Crippen LogP contribution is -2.48. The fraction of sp³-hybridized carbons (Fsp3) is 0.333. The monoisotopic (exact) mass is 366 g/mol. The molecule has 0 radical (unpaired) electrons. The zero-order chi connectivity index (χ0) is 19.2. The van der Waals surface area contributed by atoms with Gasteiger partial charge in [-0.2, -0.15) is 0 Å². The summed E-state index contributed by atoms with van der Waals surface area (Å²) in [6.45, 7) is 7.29. The van der Waals surface area contributed by atoms with Crippen molar-refractivity contribution in [2.24, 2.45) is 0 Å². The third-order valence-corrected chi connectivity index (χ3v) is 4.69. The summed E-state index contributed by atoms with van der Waals surface area (Å²) in [7, 11) is 0. The highest BCUT2D eigenvalue weighted by Crippen LogP contribution is 2.20. The van der Waals surface area contributed by atoms with Crippen molar-refractivity contribution in [3.05, 3.63) is 54.1 Å². The van der Waals surface area contributed by atoms with Crippen LogP contribution in [0.2, 0.25) is 0 Å². The summed E-state index contributed by atoms with van der Waals surface area (Å²) >= 11 is 0. The van der Waals surface area contributed by atoms with Crippen LogP contribution in [0, 0.1) is 6.92 Å². The van der Waals surface area contributed by atoms with Gasteiger partial charge in [-0.05, 0) is 36.8 Å². The molecule has 0 aromatic heterocycles. The number of hydrogen-bond acceptors (Lipinski definition) is 4. The number of carbonyl (C=O) groups is 2. The third kappa shape index (κ3) is 5.31. The molecular weight excluding hydrogens is 340 g/mol. The van der Waals surface area contributed by atoms with Crippen LogP contribution in [0.3, 0.4) is 0 Å². The van der Waals surface area contributed by atoms with Crippen LogP contribution in [-0.4, -0.2) is 49.4 Å². The minimum Gasteiger partial charge on any atom is -0.369 e. The van der Waals surface area contributed by atoms with Crippen LogP contribution in [-0.2, 0) is 9.59 Å². The van der Waals surface area contributed by atoms with Crippen molar-refractivity contribution >= 4 is 28.9 Å². The lowest BCUT2D eigenvalue weighted by molar-refractivity contribution is -0.117. The van der Waals surface area contributed by atoms with Gasteiger partial charge >= 0.3 is 0 Å². The number of hydrogen-bond donors (Lipinski definition) is 2. The number of benzene rings is 2. The summed E-state index contributed by atoms with van der Waals surface area (Å²) in [6.07, 6.45) is 0. The van der Waals surface area contributed by atoms with Crippen LogP contribution in [0.4, 0.5) is 17.1 Å². The lowest BCUT2D eigenvalue weighted by atomic mass is 10.1. The van der Waals surface area contributed by atoms with Gasteiger partial charge in [-0.15, -0.1) is 0 Å². The highest BCUT2D eigenvalue weighted by Gasteiger charge is 2.19. The molecule has 1 aliphatic rings. The quantitative estimate of drug-likeness (QED) is 0.854. The lowest BCUT2D eigenvalue weighted by Gasteiger charge is -2.35. The minimum atomic E-state index is -0.127. The fourth-order valence-electron chi connectivity index (χ4n) is 3.23. The average molecular weight is 366 g/mol. The zero-order valence-corrected chi connectivity index (χ0v) is 15.9. The van der Waals surface area contributed by atoms with E-state index in [0.717, 1.165) is 37.4 Å². The maximum absolute atomic E-state index is 12.4. The molecule has 0 unspecified atom stereocenters. The first-order valence-corrected chi connectivity index (χ1v) is 9.22. The second kappa shape index (κ2) is 8.68.